The first-order chi connectivity index (χ1) is 14.1. The summed E-state index contributed by atoms with van der Waals surface area (Å²) in [4.78, 5) is 36.7. The zero-order valence-corrected chi connectivity index (χ0v) is 17.3. The van der Waals surface area contributed by atoms with Crippen molar-refractivity contribution in [3.8, 4) is 11.4 Å². The molecule has 7 nitrogen and oxygen atoms in total. The quantitative estimate of drug-likeness (QED) is 0.615. The maximum atomic E-state index is 13.0. The van der Waals surface area contributed by atoms with Crippen molar-refractivity contribution in [2.75, 3.05) is 0 Å². The van der Waals surface area contributed by atoms with E-state index in [1.54, 1.807) is 14.0 Å². The lowest BCUT2D eigenvalue weighted by molar-refractivity contribution is -0.137. The zero-order chi connectivity index (χ0) is 22.1. The fourth-order valence-electron chi connectivity index (χ4n) is 2.71. The highest BCUT2D eigenvalue weighted by molar-refractivity contribution is 9.10. The summed E-state index contributed by atoms with van der Waals surface area (Å²) in [6, 6.07) is 2.27. The van der Waals surface area contributed by atoms with Crippen LogP contribution in [0.25, 0.3) is 11.4 Å². The van der Waals surface area contributed by atoms with Gasteiger partial charge in [-0.2, -0.15) is 13.2 Å². The molecule has 3 aromatic rings. The first-order valence-electron chi connectivity index (χ1n) is 8.59. The van der Waals surface area contributed by atoms with Gasteiger partial charge in [-0.05, 0) is 25.1 Å². The van der Waals surface area contributed by atoms with E-state index in [2.05, 4.69) is 36.2 Å². The van der Waals surface area contributed by atoms with E-state index in [9.17, 15) is 22.8 Å². The Hall–Kier alpha value is -3.08. The average molecular weight is 482 g/mol. The van der Waals surface area contributed by atoms with Crippen molar-refractivity contribution in [3.63, 3.8) is 0 Å². The van der Waals surface area contributed by atoms with Crippen LogP contribution in [-0.2, 0) is 13.2 Å². The van der Waals surface area contributed by atoms with E-state index < -0.39 is 23.7 Å². The average Bonchev–Trinajstić information content (AvgIpc) is 2.69. The van der Waals surface area contributed by atoms with Crippen LogP contribution in [-0.4, -0.2) is 25.4 Å². The van der Waals surface area contributed by atoms with Gasteiger partial charge in [-0.25, -0.2) is 4.98 Å². The molecule has 2 heterocycles. The lowest BCUT2D eigenvalue weighted by atomic mass is 10.1. The van der Waals surface area contributed by atoms with Crippen LogP contribution in [0.4, 0.5) is 13.2 Å². The van der Waals surface area contributed by atoms with Crippen molar-refractivity contribution in [1.29, 1.82) is 0 Å². The second-order valence-electron chi connectivity index (χ2n) is 6.43. The number of alkyl halides is 3. The van der Waals surface area contributed by atoms with Gasteiger partial charge in [0, 0.05) is 35.7 Å². The standard InChI is InChI=1S/C19H15BrF3N5O2/c1-10(27-18(30)11-5-12(19(21,22)23)7-13(20)6-11)16-17(25-4-3-24-16)14-9-28(2)15(29)8-26-14/h3-10H,1-2H3,(H,27,30). The minimum absolute atomic E-state index is 0.129. The monoisotopic (exact) mass is 481 g/mol. The van der Waals surface area contributed by atoms with Gasteiger partial charge in [0.1, 0.15) is 11.4 Å². The molecule has 1 aromatic carbocycles. The van der Waals surface area contributed by atoms with Gasteiger partial charge in [0.15, 0.2) is 0 Å². The molecule has 0 saturated carbocycles. The third kappa shape index (κ3) is 4.73. The van der Waals surface area contributed by atoms with Crippen LogP contribution in [0.5, 0.6) is 0 Å². The predicted octanol–water partition coefficient (Wildman–Crippen LogP) is 3.51. The number of rotatable bonds is 4. The van der Waals surface area contributed by atoms with Gasteiger partial charge in [0.2, 0.25) is 0 Å². The molecule has 1 N–H and O–H groups in total. The third-order valence-electron chi connectivity index (χ3n) is 4.19. The van der Waals surface area contributed by atoms with Gasteiger partial charge in [0.05, 0.1) is 23.5 Å². The van der Waals surface area contributed by atoms with Gasteiger partial charge in [0.25, 0.3) is 11.5 Å². The first kappa shape index (κ1) is 21.6. The molecule has 0 aliphatic carbocycles. The van der Waals surface area contributed by atoms with Crippen LogP contribution in [0.15, 0.2) is 52.3 Å². The minimum Gasteiger partial charge on any atom is -0.344 e. The maximum absolute atomic E-state index is 13.0. The van der Waals surface area contributed by atoms with Crippen molar-refractivity contribution >= 4 is 21.8 Å². The molecule has 1 amide bonds. The topological polar surface area (TPSA) is 89.8 Å². The molecule has 0 radical (unpaired) electrons. The predicted molar refractivity (Wildman–Crippen MR) is 106 cm³/mol. The Morgan fingerprint density at radius 3 is 2.53 bits per heavy atom. The Labute approximate surface area is 177 Å². The number of benzene rings is 1. The number of hydrogen-bond acceptors (Lipinski definition) is 5. The van der Waals surface area contributed by atoms with Crippen LogP contribution in [0.1, 0.15) is 34.6 Å². The summed E-state index contributed by atoms with van der Waals surface area (Å²) in [6.07, 6.45) is 0.886. The number of aryl methyl sites for hydroxylation is 1. The fraction of sp³-hybridized carbons (Fsp3) is 0.211. The van der Waals surface area contributed by atoms with E-state index in [1.165, 1.54) is 29.2 Å². The smallest absolute Gasteiger partial charge is 0.344 e. The molecule has 1 atom stereocenters. The summed E-state index contributed by atoms with van der Waals surface area (Å²) >= 11 is 3.00. The number of halogens is 4. The normalized spacial score (nSPS) is 12.5. The van der Waals surface area contributed by atoms with Crippen molar-refractivity contribution in [2.45, 2.75) is 19.1 Å². The summed E-state index contributed by atoms with van der Waals surface area (Å²) in [5.41, 5.74) is -0.351. The van der Waals surface area contributed by atoms with E-state index in [1.807, 2.05) is 0 Å². The van der Waals surface area contributed by atoms with Gasteiger partial charge < -0.3 is 9.88 Å². The molecular weight excluding hydrogens is 467 g/mol. The highest BCUT2D eigenvalue weighted by Crippen LogP contribution is 2.32. The lowest BCUT2D eigenvalue weighted by Gasteiger charge is -2.17. The molecule has 0 aliphatic heterocycles. The van der Waals surface area contributed by atoms with E-state index in [4.69, 9.17) is 0 Å². The van der Waals surface area contributed by atoms with Crippen LogP contribution in [0, 0.1) is 0 Å². The highest BCUT2D eigenvalue weighted by atomic mass is 79.9. The summed E-state index contributed by atoms with van der Waals surface area (Å²) in [7, 11) is 1.56. The second kappa shape index (κ2) is 8.34. The molecule has 0 spiro atoms. The van der Waals surface area contributed by atoms with Gasteiger partial charge in [-0.3, -0.25) is 19.6 Å². The highest BCUT2D eigenvalue weighted by Gasteiger charge is 2.32. The fourth-order valence-corrected chi connectivity index (χ4v) is 3.21. The molecule has 3 rings (SSSR count). The summed E-state index contributed by atoms with van der Waals surface area (Å²) in [5, 5.41) is 2.63. The number of nitrogens with one attached hydrogen (secondary N) is 1. The van der Waals surface area contributed by atoms with Crippen LogP contribution in [0.3, 0.4) is 0 Å². The molecule has 0 saturated heterocycles. The van der Waals surface area contributed by atoms with Crippen molar-refractivity contribution in [1.82, 2.24) is 24.8 Å². The SMILES string of the molecule is CC(NC(=O)c1cc(Br)cc(C(F)(F)F)c1)c1nccnc1-c1cn(C)c(=O)cn1. The second-order valence-corrected chi connectivity index (χ2v) is 7.35. The Morgan fingerprint density at radius 1 is 1.17 bits per heavy atom. The number of nitrogens with zero attached hydrogens (tertiary/aromatic N) is 4. The molecular formula is C19H15BrF3N5O2. The van der Waals surface area contributed by atoms with Crippen molar-refractivity contribution in [2.24, 2.45) is 7.05 Å². The molecule has 0 fully saturated rings. The van der Waals surface area contributed by atoms with Gasteiger partial charge in [-0.1, -0.05) is 15.9 Å². The van der Waals surface area contributed by atoms with Gasteiger partial charge >= 0.3 is 6.18 Å². The zero-order valence-electron chi connectivity index (χ0n) is 15.7. The Balaban J connectivity index is 1.91. The largest absolute Gasteiger partial charge is 0.416 e. The van der Waals surface area contributed by atoms with Crippen molar-refractivity contribution < 1.29 is 18.0 Å². The minimum atomic E-state index is -4.59. The van der Waals surface area contributed by atoms with E-state index >= 15 is 0 Å². The number of carbonyl (C=O) groups excluding carboxylic acids is 1. The Kier molecular flexibility index (Phi) is 6.01. The Morgan fingerprint density at radius 2 is 1.87 bits per heavy atom. The van der Waals surface area contributed by atoms with E-state index in [0.717, 1.165) is 18.3 Å². The number of hydrogen-bond donors (Lipinski definition) is 1. The van der Waals surface area contributed by atoms with Crippen LogP contribution >= 0.6 is 15.9 Å². The van der Waals surface area contributed by atoms with E-state index in [0.29, 0.717) is 17.1 Å². The number of carbonyl (C=O) groups is 1. The summed E-state index contributed by atoms with van der Waals surface area (Å²) in [5.74, 6) is -0.709. The van der Waals surface area contributed by atoms with Gasteiger partial charge in [-0.15, -0.1) is 0 Å². The van der Waals surface area contributed by atoms with Crippen LogP contribution in [0.2, 0.25) is 0 Å². The van der Waals surface area contributed by atoms with Crippen molar-refractivity contribution in [3.05, 3.63) is 74.6 Å². The van der Waals surface area contributed by atoms with Crippen LogP contribution < -0.4 is 10.9 Å². The molecule has 11 heteroatoms. The molecule has 30 heavy (non-hydrogen) atoms. The number of aromatic nitrogens is 4. The molecule has 2 aromatic heterocycles. The molecule has 0 bridgehead atoms. The lowest BCUT2D eigenvalue weighted by Crippen LogP contribution is -2.28. The molecule has 1 unspecified atom stereocenters. The molecule has 156 valence electrons. The molecule has 0 aliphatic rings. The number of amides is 1. The Bertz CT molecular complexity index is 1160. The third-order valence-corrected chi connectivity index (χ3v) is 4.65. The maximum Gasteiger partial charge on any atom is 0.416 e. The first-order valence-corrected chi connectivity index (χ1v) is 9.38. The van der Waals surface area contributed by atoms with E-state index in [-0.39, 0.29) is 15.6 Å². The summed E-state index contributed by atoms with van der Waals surface area (Å²) in [6.45, 7) is 1.62. The summed E-state index contributed by atoms with van der Waals surface area (Å²) < 4.78 is 40.6.